The maximum atomic E-state index is 13.0. The number of thiazole rings is 1. The van der Waals surface area contributed by atoms with Gasteiger partial charge in [0.2, 0.25) is 5.16 Å². The molecule has 37 heavy (non-hydrogen) atoms. The molecule has 1 fully saturated rings. The number of fused-ring (bicyclic) bond motifs is 1. The minimum absolute atomic E-state index is 0.0875. The van der Waals surface area contributed by atoms with Crippen LogP contribution in [0.1, 0.15) is 5.69 Å². The molecule has 196 valence electrons. The number of carboxylic acid groups (broad SMARTS) is 1. The van der Waals surface area contributed by atoms with Crippen molar-refractivity contribution in [3.05, 3.63) is 22.3 Å². The number of tetrazole rings is 1. The number of hydrogen-bond donors (Lipinski definition) is 5. The maximum absolute atomic E-state index is 13.0. The molecular weight excluding hydrogens is 550 g/mol. The number of likely N-dealkylation sites (N-methyl/N-ethyl adjacent to an activating group) is 1. The Morgan fingerprint density at radius 1 is 1.41 bits per heavy atom. The van der Waals surface area contributed by atoms with Gasteiger partial charge in [0.15, 0.2) is 17.5 Å². The predicted molar refractivity (Wildman–Crippen MR) is 131 cm³/mol. The lowest BCUT2D eigenvalue weighted by Gasteiger charge is -2.49. The number of β-lactam (4-membered cyclic amide) rings is 1. The number of rotatable bonds is 10. The van der Waals surface area contributed by atoms with E-state index in [0.29, 0.717) is 5.57 Å². The lowest BCUT2D eigenvalue weighted by atomic mass is 10.0. The van der Waals surface area contributed by atoms with Crippen molar-refractivity contribution in [1.82, 2.24) is 40.8 Å². The zero-order chi connectivity index (χ0) is 26.7. The van der Waals surface area contributed by atoms with Crippen molar-refractivity contribution in [2.45, 2.75) is 16.6 Å². The number of anilines is 1. The van der Waals surface area contributed by atoms with Gasteiger partial charge in [0, 0.05) is 23.9 Å². The van der Waals surface area contributed by atoms with Crippen molar-refractivity contribution < 1.29 is 29.1 Å². The van der Waals surface area contributed by atoms with Crippen molar-refractivity contribution in [2.24, 2.45) is 5.16 Å². The van der Waals surface area contributed by atoms with Gasteiger partial charge in [-0.2, -0.15) is 0 Å². The van der Waals surface area contributed by atoms with E-state index in [1.165, 1.54) is 24.2 Å². The fourth-order valence-electron chi connectivity index (χ4n) is 3.26. The van der Waals surface area contributed by atoms with E-state index >= 15 is 0 Å². The Hall–Kier alpha value is -3.91. The molecule has 0 saturated carbocycles. The highest BCUT2D eigenvalue weighted by Gasteiger charge is 2.54. The Kier molecular flexibility index (Phi) is 7.78. The average Bonchev–Trinajstić information content (AvgIpc) is 3.50. The van der Waals surface area contributed by atoms with Crippen LogP contribution in [0.25, 0.3) is 0 Å². The van der Waals surface area contributed by atoms with Gasteiger partial charge in [0.25, 0.3) is 17.7 Å². The Morgan fingerprint density at radius 2 is 2.19 bits per heavy atom. The van der Waals surface area contributed by atoms with Crippen LogP contribution in [0.15, 0.2) is 27.0 Å². The van der Waals surface area contributed by atoms with Gasteiger partial charge in [-0.1, -0.05) is 22.0 Å². The SMILES string of the molecule is CNC(=O)CO/N=C(\C(=O)N[C@@H]1C(=O)N2C(C(=O)O)=C(CSc3nnnn3N)CS[C@H]12)c1csc(N)n1. The van der Waals surface area contributed by atoms with Crippen LogP contribution in [0.4, 0.5) is 5.13 Å². The van der Waals surface area contributed by atoms with Crippen molar-refractivity contribution in [1.29, 1.82) is 0 Å². The van der Waals surface area contributed by atoms with Gasteiger partial charge < -0.3 is 32.2 Å². The molecule has 2 aliphatic rings. The summed E-state index contributed by atoms with van der Waals surface area (Å²) < 4.78 is 0. The molecule has 3 amide bonds. The minimum atomic E-state index is -1.28. The first-order valence-electron chi connectivity index (χ1n) is 10.2. The molecule has 0 unspecified atom stereocenters. The van der Waals surface area contributed by atoms with Crippen molar-refractivity contribution >= 4 is 69.4 Å². The molecule has 2 atom stereocenters. The number of nitrogen functional groups attached to an aromatic ring is 2. The number of nitrogens with one attached hydrogen (secondary N) is 2. The fourth-order valence-corrected chi connectivity index (χ4v) is 6.09. The van der Waals surface area contributed by atoms with Gasteiger partial charge in [0.1, 0.15) is 22.8 Å². The Labute approximate surface area is 220 Å². The number of hydrogen-bond acceptors (Lipinski definition) is 15. The molecular formula is C17H19N11O6S3. The summed E-state index contributed by atoms with van der Waals surface area (Å²) >= 11 is 3.46. The lowest BCUT2D eigenvalue weighted by molar-refractivity contribution is -0.150. The zero-order valence-electron chi connectivity index (χ0n) is 18.9. The van der Waals surface area contributed by atoms with Crippen LogP contribution >= 0.6 is 34.9 Å². The number of nitrogens with two attached hydrogens (primary N) is 2. The van der Waals surface area contributed by atoms with Crippen LogP contribution in [0.3, 0.4) is 0 Å². The number of aromatic nitrogens is 5. The lowest BCUT2D eigenvalue weighted by Crippen LogP contribution is -2.71. The normalized spacial score (nSPS) is 19.2. The van der Waals surface area contributed by atoms with Crippen molar-refractivity contribution in [3.63, 3.8) is 0 Å². The maximum Gasteiger partial charge on any atom is 0.352 e. The molecule has 2 aromatic rings. The molecule has 2 aliphatic heterocycles. The standard InChI is InChI=1S/C17H19N11O6S3/c1-20-8(29)2-34-24-9(7-5-36-16(18)21-7)12(30)22-10-13(31)27-11(15(32)33)6(3-35-14(10)27)4-37-17-23-25-26-28(17)19/h5,10,14H,2-4,19H2,1H3,(H2,18,21)(H,20,29)(H,22,30)(H,32,33)/b24-9-/t10-,14-/m1/s1. The smallest absolute Gasteiger partial charge is 0.352 e. The molecule has 0 aliphatic carbocycles. The van der Waals surface area contributed by atoms with Crippen LogP contribution in [0, 0.1) is 0 Å². The van der Waals surface area contributed by atoms with E-state index in [0.717, 1.165) is 32.8 Å². The van der Waals surface area contributed by atoms with Gasteiger partial charge >= 0.3 is 5.97 Å². The summed E-state index contributed by atoms with van der Waals surface area (Å²) in [4.78, 5) is 60.5. The molecule has 0 aromatic carbocycles. The first-order valence-corrected chi connectivity index (χ1v) is 13.1. The highest BCUT2D eigenvalue weighted by Crippen LogP contribution is 2.41. The van der Waals surface area contributed by atoms with E-state index in [2.05, 4.69) is 36.3 Å². The van der Waals surface area contributed by atoms with Crippen LogP contribution in [0.2, 0.25) is 0 Å². The molecule has 4 rings (SSSR count). The van der Waals surface area contributed by atoms with Gasteiger partial charge in [-0.25, -0.2) is 9.78 Å². The Morgan fingerprint density at radius 3 is 2.81 bits per heavy atom. The largest absolute Gasteiger partial charge is 0.477 e. The third kappa shape index (κ3) is 5.44. The Balaban J connectivity index is 1.49. The van der Waals surface area contributed by atoms with Crippen LogP contribution in [-0.2, 0) is 24.0 Å². The van der Waals surface area contributed by atoms with Gasteiger partial charge in [0.05, 0.1) is 0 Å². The summed E-state index contributed by atoms with van der Waals surface area (Å²) in [6, 6.07) is -1.03. The molecule has 4 heterocycles. The number of oxime groups is 1. The molecule has 0 bridgehead atoms. The van der Waals surface area contributed by atoms with Crippen LogP contribution in [-0.4, -0.2) is 101 Å². The number of carbonyl (C=O) groups is 4. The summed E-state index contributed by atoms with van der Waals surface area (Å²) in [6.45, 7) is -0.453. The second kappa shape index (κ2) is 11.0. The molecule has 0 spiro atoms. The number of carbonyl (C=O) groups excluding carboxylic acids is 3. The number of carboxylic acids is 1. The number of aliphatic carboxylic acids is 1. The van der Waals surface area contributed by atoms with Crippen LogP contribution < -0.4 is 22.2 Å². The van der Waals surface area contributed by atoms with E-state index in [1.54, 1.807) is 0 Å². The first-order chi connectivity index (χ1) is 17.7. The summed E-state index contributed by atoms with van der Waals surface area (Å²) in [5.74, 6) is 2.87. The highest BCUT2D eigenvalue weighted by molar-refractivity contribution is 8.01. The first kappa shape index (κ1) is 26.2. The molecule has 7 N–H and O–H groups in total. The summed E-state index contributed by atoms with van der Waals surface area (Å²) in [5, 5.41) is 30.3. The zero-order valence-corrected chi connectivity index (χ0v) is 21.3. The average molecular weight is 570 g/mol. The third-order valence-electron chi connectivity index (χ3n) is 4.98. The number of amides is 3. The van der Waals surface area contributed by atoms with E-state index in [4.69, 9.17) is 16.4 Å². The highest BCUT2D eigenvalue weighted by atomic mass is 32.2. The predicted octanol–water partition coefficient (Wildman–Crippen LogP) is -2.58. The summed E-state index contributed by atoms with van der Waals surface area (Å²) in [6.07, 6.45) is 0. The molecule has 2 aromatic heterocycles. The Bertz CT molecular complexity index is 1310. The van der Waals surface area contributed by atoms with Gasteiger partial charge in [-0.05, 0) is 16.0 Å². The number of thioether (sulfide) groups is 2. The van der Waals surface area contributed by atoms with E-state index in [-0.39, 0.29) is 38.9 Å². The summed E-state index contributed by atoms with van der Waals surface area (Å²) in [5.41, 5.74) is 5.75. The van der Waals surface area contributed by atoms with Gasteiger partial charge in [-0.3, -0.25) is 19.3 Å². The van der Waals surface area contributed by atoms with Crippen molar-refractivity contribution in [3.8, 4) is 0 Å². The molecule has 1 saturated heterocycles. The summed E-state index contributed by atoms with van der Waals surface area (Å²) in [7, 11) is 1.41. The number of nitrogens with zero attached hydrogens (tertiary/aromatic N) is 7. The molecule has 0 radical (unpaired) electrons. The molecule has 17 nitrogen and oxygen atoms in total. The van der Waals surface area contributed by atoms with Crippen molar-refractivity contribution in [2.75, 3.05) is 36.7 Å². The second-order valence-corrected chi connectivity index (χ2v) is 10.2. The monoisotopic (exact) mass is 569 g/mol. The fraction of sp³-hybridized carbons (Fsp3) is 0.353. The van der Waals surface area contributed by atoms with Gasteiger partial charge in [-0.15, -0.1) is 27.9 Å². The second-order valence-electron chi connectivity index (χ2n) is 7.27. The third-order valence-corrected chi connectivity index (χ3v) is 8.02. The van der Waals surface area contributed by atoms with Crippen LogP contribution in [0.5, 0.6) is 0 Å². The quantitative estimate of drug-likeness (QED) is 0.0649. The minimum Gasteiger partial charge on any atom is -0.477 e. The van der Waals surface area contributed by atoms with E-state index in [1.807, 2.05) is 0 Å². The van der Waals surface area contributed by atoms with E-state index < -0.39 is 41.7 Å². The van der Waals surface area contributed by atoms with E-state index in [9.17, 15) is 24.3 Å². The topological polar surface area (TPSA) is 246 Å². The molecule has 20 heteroatoms.